The zero-order valence-electron chi connectivity index (χ0n) is 13.9. The molecule has 2 aliphatic heterocycles. The molecule has 0 bridgehead atoms. The standard InChI is InChI=1S/C10H11NO2.C9H9NO2/c1-13-10(12)9-6-7-4-2-3-5-8(7)11-9;11-9(12)8-5-6-3-1-2-4-7(6)10-8/h2-5,9,11H,6H2,1H3;1-4,8,10H,5H2,(H,11,12). The zero-order chi connectivity index (χ0) is 17.8. The fourth-order valence-electron chi connectivity index (χ4n) is 3.03. The van der Waals surface area contributed by atoms with Crippen LogP contribution >= 0.6 is 0 Å². The van der Waals surface area contributed by atoms with Gasteiger partial charge in [-0.3, -0.25) is 0 Å². The number of hydrogen-bond donors (Lipinski definition) is 3. The number of carboxylic acids is 1. The quantitative estimate of drug-likeness (QED) is 0.727. The van der Waals surface area contributed by atoms with Crippen LogP contribution in [0.3, 0.4) is 0 Å². The van der Waals surface area contributed by atoms with Gasteiger partial charge in [-0.1, -0.05) is 36.4 Å². The Kier molecular flexibility index (Phi) is 4.88. The molecule has 2 atom stereocenters. The summed E-state index contributed by atoms with van der Waals surface area (Å²) in [4.78, 5) is 21.8. The van der Waals surface area contributed by atoms with E-state index in [1.807, 2.05) is 48.5 Å². The number of benzene rings is 2. The Labute approximate surface area is 145 Å². The van der Waals surface area contributed by atoms with E-state index in [1.54, 1.807) is 0 Å². The number of rotatable bonds is 2. The first kappa shape index (κ1) is 16.8. The maximum absolute atomic E-state index is 11.2. The molecule has 2 aromatic rings. The monoisotopic (exact) mass is 340 g/mol. The first-order valence-electron chi connectivity index (χ1n) is 8.08. The molecule has 0 aromatic heterocycles. The van der Waals surface area contributed by atoms with Gasteiger partial charge in [0.1, 0.15) is 12.1 Å². The Morgan fingerprint density at radius 3 is 1.88 bits per heavy atom. The molecule has 2 unspecified atom stereocenters. The van der Waals surface area contributed by atoms with Crippen molar-refractivity contribution in [3.63, 3.8) is 0 Å². The van der Waals surface area contributed by atoms with Crippen LogP contribution < -0.4 is 10.6 Å². The van der Waals surface area contributed by atoms with Gasteiger partial charge in [-0.15, -0.1) is 0 Å². The number of carboxylic acid groups (broad SMARTS) is 1. The summed E-state index contributed by atoms with van der Waals surface area (Å²) in [5.41, 5.74) is 4.26. The lowest BCUT2D eigenvalue weighted by molar-refractivity contribution is -0.141. The van der Waals surface area contributed by atoms with Crippen molar-refractivity contribution in [1.29, 1.82) is 0 Å². The average molecular weight is 340 g/mol. The van der Waals surface area contributed by atoms with Crippen molar-refractivity contribution in [3.05, 3.63) is 59.7 Å². The Morgan fingerprint density at radius 2 is 1.40 bits per heavy atom. The smallest absolute Gasteiger partial charge is 0.328 e. The molecule has 2 aliphatic rings. The Morgan fingerprint density at radius 1 is 0.920 bits per heavy atom. The molecule has 0 spiro atoms. The number of carbonyl (C=O) groups excluding carboxylic acids is 1. The highest BCUT2D eigenvalue weighted by Crippen LogP contribution is 2.26. The SMILES string of the molecule is COC(=O)C1Cc2ccccc2N1.O=C(O)C1Cc2ccccc2N1. The van der Waals surface area contributed by atoms with E-state index in [2.05, 4.69) is 15.4 Å². The van der Waals surface area contributed by atoms with Gasteiger partial charge in [0.05, 0.1) is 7.11 Å². The minimum absolute atomic E-state index is 0.198. The Hall–Kier alpha value is -3.02. The molecule has 3 N–H and O–H groups in total. The van der Waals surface area contributed by atoms with Gasteiger partial charge in [0, 0.05) is 24.2 Å². The molecule has 6 heteroatoms. The number of carbonyl (C=O) groups is 2. The van der Waals surface area contributed by atoms with Crippen LogP contribution in [0.5, 0.6) is 0 Å². The average Bonchev–Trinajstić information content (AvgIpc) is 3.25. The highest BCUT2D eigenvalue weighted by Gasteiger charge is 2.26. The number of ether oxygens (including phenoxy) is 1. The summed E-state index contributed by atoms with van der Waals surface area (Å²) >= 11 is 0. The Bertz CT molecular complexity index is 740. The number of fused-ring (bicyclic) bond motifs is 2. The van der Waals surface area contributed by atoms with Crippen LogP contribution in [0.4, 0.5) is 11.4 Å². The molecule has 0 saturated heterocycles. The van der Waals surface area contributed by atoms with Crippen molar-refractivity contribution in [2.45, 2.75) is 24.9 Å². The number of nitrogens with one attached hydrogen (secondary N) is 2. The molecular weight excluding hydrogens is 320 g/mol. The molecule has 25 heavy (non-hydrogen) atoms. The van der Waals surface area contributed by atoms with Crippen LogP contribution in [0.25, 0.3) is 0 Å². The number of hydrogen-bond acceptors (Lipinski definition) is 5. The van der Waals surface area contributed by atoms with Crippen LogP contribution in [0, 0.1) is 0 Å². The number of aliphatic carboxylic acids is 1. The molecule has 6 nitrogen and oxygen atoms in total. The largest absolute Gasteiger partial charge is 0.480 e. The predicted octanol–water partition coefficient (Wildman–Crippen LogP) is 2.30. The van der Waals surface area contributed by atoms with Crippen molar-refractivity contribution in [3.8, 4) is 0 Å². The lowest BCUT2D eigenvalue weighted by Crippen LogP contribution is -2.27. The van der Waals surface area contributed by atoms with E-state index < -0.39 is 12.0 Å². The predicted molar refractivity (Wildman–Crippen MR) is 94.8 cm³/mol. The van der Waals surface area contributed by atoms with Crippen molar-refractivity contribution in [2.75, 3.05) is 17.7 Å². The van der Waals surface area contributed by atoms with Crippen molar-refractivity contribution < 1.29 is 19.4 Å². The van der Waals surface area contributed by atoms with Crippen LogP contribution in [0.2, 0.25) is 0 Å². The molecule has 0 radical (unpaired) electrons. The van der Waals surface area contributed by atoms with Gasteiger partial charge in [-0.05, 0) is 23.3 Å². The number of para-hydroxylation sites is 2. The first-order chi connectivity index (χ1) is 12.1. The molecule has 0 amide bonds. The van der Waals surface area contributed by atoms with Gasteiger partial charge in [-0.25, -0.2) is 9.59 Å². The van der Waals surface area contributed by atoms with E-state index in [-0.39, 0.29) is 12.0 Å². The van der Waals surface area contributed by atoms with Gasteiger partial charge in [0.2, 0.25) is 0 Å². The summed E-state index contributed by atoms with van der Waals surface area (Å²) < 4.78 is 4.66. The third-order valence-corrected chi connectivity index (χ3v) is 4.33. The number of esters is 1. The topological polar surface area (TPSA) is 87.7 Å². The minimum Gasteiger partial charge on any atom is -0.480 e. The maximum Gasteiger partial charge on any atom is 0.328 e. The second-order valence-electron chi connectivity index (χ2n) is 5.98. The lowest BCUT2D eigenvalue weighted by atomic mass is 10.1. The first-order valence-corrected chi connectivity index (χ1v) is 8.08. The number of methoxy groups -OCH3 is 1. The van der Waals surface area contributed by atoms with Crippen LogP contribution in [-0.2, 0) is 27.2 Å². The van der Waals surface area contributed by atoms with E-state index in [0.29, 0.717) is 6.42 Å². The van der Waals surface area contributed by atoms with Gasteiger partial charge < -0.3 is 20.5 Å². The number of anilines is 2. The van der Waals surface area contributed by atoms with E-state index in [4.69, 9.17) is 5.11 Å². The third kappa shape index (κ3) is 3.74. The highest BCUT2D eigenvalue weighted by atomic mass is 16.5. The third-order valence-electron chi connectivity index (χ3n) is 4.33. The molecule has 0 saturated carbocycles. The molecule has 0 fully saturated rings. The van der Waals surface area contributed by atoms with Crippen LogP contribution in [0.1, 0.15) is 11.1 Å². The van der Waals surface area contributed by atoms with Crippen LogP contribution in [-0.4, -0.2) is 36.2 Å². The van der Waals surface area contributed by atoms with Gasteiger partial charge >= 0.3 is 11.9 Å². The summed E-state index contributed by atoms with van der Waals surface area (Å²) in [5, 5.41) is 14.8. The van der Waals surface area contributed by atoms with Crippen molar-refractivity contribution in [1.82, 2.24) is 0 Å². The van der Waals surface area contributed by atoms with Gasteiger partial charge in [0.25, 0.3) is 0 Å². The molecule has 130 valence electrons. The summed E-state index contributed by atoms with van der Waals surface area (Å²) in [6.45, 7) is 0. The minimum atomic E-state index is -0.786. The molecule has 2 aromatic carbocycles. The lowest BCUT2D eigenvalue weighted by Gasteiger charge is -2.07. The Balaban J connectivity index is 0.000000146. The molecular formula is C19H20N2O4. The van der Waals surface area contributed by atoms with Crippen molar-refractivity contribution >= 4 is 23.3 Å². The summed E-state index contributed by atoms with van der Waals surface area (Å²) in [7, 11) is 1.41. The molecule has 2 heterocycles. The summed E-state index contributed by atoms with van der Waals surface area (Å²) in [6.07, 6.45) is 1.31. The second-order valence-corrected chi connectivity index (χ2v) is 5.98. The van der Waals surface area contributed by atoms with E-state index >= 15 is 0 Å². The summed E-state index contributed by atoms with van der Waals surface area (Å²) in [6, 6.07) is 14.9. The van der Waals surface area contributed by atoms with E-state index in [1.165, 1.54) is 12.7 Å². The summed E-state index contributed by atoms with van der Waals surface area (Å²) in [5.74, 6) is -0.984. The normalized spacial score (nSPS) is 19.4. The molecule has 0 aliphatic carbocycles. The van der Waals surface area contributed by atoms with E-state index in [9.17, 15) is 9.59 Å². The van der Waals surface area contributed by atoms with E-state index in [0.717, 1.165) is 23.4 Å². The fraction of sp³-hybridized carbons (Fsp3) is 0.263. The molecule has 4 rings (SSSR count). The van der Waals surface area contributed by atoms with Gasteiger partial charge in [0.15, 0.2) is 0 Å². The van der Waals surface area contributed by atoms with Gasteiger partial charge in [-0.2, -0.15) is 0 Å². The van der Waals surface area contributed by atoms with Crippen molar-refractivity contribution in [2.24, 2.45) is 0 Å². The second kappa shape index (κ2) is 7.25. The highest BCUT2D eigenvalue weighted by molar-refractivity contribution is 5.82. The zero-order valence-corrected chi connectivity index (χ0v) is 13.9. The van der Waals surface area contributed by atoms with Crippen LogP contribution in [0.15, 0.2) is 48.5 Å². The maximum atomic E-state index is 11.2. The fourth-order valence-corrected chi connectivity index (χ4v) is 3.03.